The fourth-order valence-electron chi connectivity index (χ4n) is 1.32. The molecular formula is C11H20N4O2S. The molecule has 0 radical (unpaired) electrons. The van der Waals surface area contributed by atoms with Gasteiger partial charge in [0, 0.05) is 32.5 Å². The maximum absolute atomic E-state index is 11.1. The normalized spacial score (nSPS) is 11.3. The SMILES string of the molecule is CCCNc1cc(N(C)CCS(C)(=O)=O)ncn1. The Hall–Kier alpha value is -1.37. The second kappa shape index (κ2) is 6.53. The first-order valence-corrected chi connectivity index (χ1v) is 7.93. The van der Waals surface area contributed by atoms with Gasteiger partial charge in [-0.2, -0.15) is 0 Å². The molecule has 0 atom stereocenters. The first kappa shape index (κ1) is 14.7. The van der Waals surface area contributed by atoms with Gasteiger partial charge in [0.1, 0.15) is 27.8 Å². The van der Waals surface area contributed by atoms with E-state index in [9.17, 15) is 8.42 Å². The molecule has 0 spiro atoms. The predicted octanol–water partition coefficient (Wildman–Crippen LogP) is 0.779. The molecule has 7 heteroatoms. The van der Waals surface area contributed by atoms with E-state index in [0.29, 0.717) is 12.4 Å². The number of anilines is 2. The van der Waals surface area contributed by atoms with Crippen LogP contribution in [0.3, 0.4) is 0 Å². The summed E-state index contributed by atoms with van der Waals surface area (Å²) in [6.07, 6.45) is 3.72. The van der Waals surface area contributed by atoms with Gasteiger partial charge in [0.15, 0.2) is 0 Å². The molecule has 18 heavy (non-hydrogen) atoms. The van der Waals surface area contributed by atoms with Crippen molar-refractivity contribution in [2.75, 3.05) is 42.4 Å². The number of nitrogens with one attached hydrogen (secondary N) is 1. The summed E-state index contributed by atoms with van der Waals surface area (Å²) in [5, 5.41) is 3.17. The van der Waals surface area contributed by atoms with Crippen LogP contribution in [-0.4, -0.2) is 50.5 Å². The van der Waals surface area contributed by atoms with Crippen molar-refractivity contribution in [2.24, 2.45) is 0 Å². The van der Waals surface area contributed by atoms with Crippen LogP contribution in [0.2, 0.25) is 0 Å². The number of rotatable bonds is 7. The molecule has 0 saturated heterocycles. The molecule has 0 unspecified atom stereocenters. The van der Waals surface area contributed by atoms with E-state index in [1.807, 2.05) is 13.1 Å². The van der Waals surface area contributed by atoms with Gasteiger partial charge in [-0.15, -0.1) is 0 Å². The van der Waals surface area contributed by atoms with Crippen LogP contribution in [0.15, 0.2) is 12.4 Å². The summed E-state index contributed by atoms with van der Waals surface area (Å²) in [5.74, 6) is 1.59. The Morgan fingerprint density at radius 3 is 2.72 bits per heavy atom. The topological polar surface area (TPSA) is 75.2 Å². The molecule has 1 rings (SSSR count). The van der Waals surface area contributed by atoms with E-state index in [1.165, 1.54) is 12.6 Å². The van der Waals surface area contributed by atoms with Crippen LogP contribution in [0.4, 0.5) is 11.6 Å². The van der Waals surface area contributed by atoms with Crippen molar-refractivity contribution in [3.63, 3.8) is 0 Å². The molecule has 6 nitrogen and oxygen atoms in total. The molecule has 0 aliphatic rings. The molecule has 1 heterocycles. The summed E-state index contributed by atoms with van der Waals surface area (Å²) >= 11 is 0. The molecule has 102 valence electrons. The quantitative estimate of drug-likeness (QED) is 0.790. The monoisotopic (exact) mass is 272 g/mol. The van der Waals surface area contributed by atoms with Gasteiger partial charge in [-0.3, -0.25) is 0 Å². The maximum atomic E-state index is 11.1. The standard InChI is InChI=1S/C11H20N4O2S/c1-4-5-12-10-8-11(14-9-13-10)15(2)6-7-18(3,16)17/h8-9H,4-7H2,1-3H3,(H,12,13,14). The highest BCUT2D eigenvalue weighted by Crippen LogP contribution is 2.12. The molecule has 0 aliphatic heterocycles. The number of aromatic nitrogens is 2. The number of hydrogen-bond acceptors (Lipinski definition) is 6. The third-order valence-electron chi connectivity index (χ3n) is 2.40. The van der Waals surface area contributed by atoms with E-state index in [4.69, 9.17) is 0 Å². The molecule has 0 bridgehead atoms. The van der Waals surface area contributed by atoms with Crippen molar-refractivity contribution >= 4 is 21.5 Å². The van der Waals surface area contributed by atoms with E-state index in [-0.39, 0.29) is 5.75 Å². The fourth-order valence-corrected chi connectivity index (χ4v) is 1.93. The molecule has 0 amide bonds. The zero-order valence-electron chi connectivity index (χ0n) is 11.0. The number of sulfone groups is 1. The Morgan fingerprint density at radius 1 is 1.39 bits per heavy atom. The van der Waals surface area contributed by atoms with Crippen molar-refractivity contribution in [1.29, 1.82) is 0 Å². The van der Waals surface area contributed by atoms with E-state index >= 15 is 0 Å². The lowest BCUT2D eigenvalue weighted by molar-refractivity contribution is 0.601. The summed E-state index contributed by atoms with van der Waals surface area (Å²) in [5.41, 5.74) is 0. The van der Waals surface area contributed by atoms with Gasteiger partial charge in [-0.05, 0) is 6.42 Å². The number of nitrogens with zero attached hydrogens (tertiary/aromatic N) is 3. The first-order chi connectivity index (χ1) is 8.42. The second-order valence-electron chi connectivity index (χ2n) is 4.24. The summed E-state index contributed by atoms with van der Waals surface area (Å²) in [4.78, 5) is 10.0. The minimum atomic E-state index is -2.95. The van der Waals surface area contributed by atoms with Gasteiger partial charge in [-0.25, -0.2) is 18.4 Å². The summed E-state index contributed by atoms with van der Waals surface area (Å²) < 4.78 is 22.2. The minimum absolute atomic E-state index is 0.116. The average molecular weight is 272 g/mol. The van der Waals surface area contributed by atoms with Gasteiger partial charge in [0.25, 0.3) is 0 Å². The highest BCUT2D eigenvalue weighted by molar-refractivity contribution is 7.90. The average Bonchev–Trinajstić information content (AvgIpc) is 2.33. The largest absolute Gasteiger partial charge is 0.370 e. The molecule has 0 fully saturated rings. The summed E-state index contributed by atoms with van der Waals surface area (Å²) in [6.45, 7) is 3.35. The van der Waals surface area contributed by atoms with Gasteiger partial charge in [0.2, 0.25) is 0 Å². The third kappa shape index (κ3) is 5.31. The first-order valence-electron chi connectivity index (χ1n) is 5.87. The lowest BCUT2D eigenvalue weighted by Gasteiger charge is -2.17. The van der Waals surface area contributed by atoms with E-state index < -0.39 is 9.84 Å². The van der Waals surface area contributed by atoms with Gasteiger partial charge in [-0.1, -0.05) is 6.92 Å². The molecule has 0 saturated carbocycles. The van der Waals surface area contributed by atoms with Crippen molar-refractivity contribution in [3.05, 3.63) is 12.4 Å². The summed E-state index contributed by atoms with van der Waals surface area (Å²) in [6, 6.07) is 1.82. The Kier molecular flexibility index (Phi) is 5.33. The van der Waals surface area contributed by atoms with Crippen molar-refractivity contribution < 1.29 is 8.42 Å². The third-order valence-corrected chi connectivity index (χ3v) is 3.32. The Balaban J connectivity index is 2.64. The minimum Gasteiger partial charge on any atom is -0.370 e. The van der Waals surface area contributed by atoms with Crippen LogP contribution < -0.4 is 10.2 Å². The van der Waals surface area contributed by atoms with Crippen LogP contribution in [-0.2, 0) is 9.84 Å². The van der Waals surface area contributed by atoms with Gasteiger partial charge >= 0.3 is 0 Å². The van der Waals surface area contributed by atoms with Crippen LogP contribution >= 0.6 is 0 Å². The van der Waals surface area contributed by atoms with Gasteiger partial charge < -0.3 is 10.2 Å². The smallest absolute Gasteiger partial charge is 0.149 e. The highest BCUT2D eigenvalue weighted by atomic mass is 32.2. The molecule has 1 aromatic rings. The summed E-state index contributed by atoms with van der Waals surface area (Å²) in [7, 11) is -1.14. The predicted molar refractivity (Wildman–Crippen MR) is 73.8 cm³/mol. The van der Waals surface area contributed by atoms with E-state index in [2.05, 4.69) is 22.2 Å². The number of hydrogen-bond donors (Lipinski definition) is 1. The van der Waals surface area contributed by atoms with E-state index in [1.54, 1.807) is 4.90 Å². The zero-order chi connectivity index (χ0) is 13.6. The van der Waals surface area contributed by atoms with Crippen molar-refractivity contribution in [1.82, 2.24) is 9.97 Å². The molecule has 0 aliphatic carbocycles. The molecule has 1 N–H and O–H groups in total. The Morgan fingerprint density at radius 2 is 2.11 bits per heavy atom. The molecule has 0 aromatic carbocycles. The maximum Gasteiger partial charge on any atom is 0.149 e. The van der Waals surface area contributed by atoms with Crippen molar-refractivity contribution in [2.45, 2.75) is 13.3 Å². The molecule has 1 aromatic heterocycles. The van der Waals surface area contributed by atoms with Crippen LogP contribution in [0.1, 0.15) is 13.3 Å². The van der Waals surface area contributed by atoms with Crippen LogP contribution in [0.5, 0.6) is 0 Å². The lowest BCUT2D eigenvalue weighted by atomic mass is 10.4. The zero-order valence-corrected chi connectivity index (χ0v) is 11.9. The highest BCUT2D eigenvalue weighted by Gasteiger charge is 2.08. The Bertz CT molecular complexity index is 476. The fraction of sp³-hybridized carbons (Fsp3) is 0.636. The van der Waals surface area contributed by atoms with Crippen molar-refractivity contribution in [3.8, 4) is 0 Å². The molecular weight excluding hydrogens is 252 g/mol. The lowest BCUT2D eigenvalue weighted by Crippen LogP contribution is -2.25. The van der Waals surface area contributed by atoms with Gasteiger partial charge in [0.05, 0.1) is 5.75 Å². The van der Waals surface area contributed by atoms with Crippen LogP contribution in [0, 0.1) is 0 Å². The second-order valence-corrected chi connectivity index (χ2v) is 6.50. The van der Waals surface area contributed by atoms with Crippen LogP contribution in [0.25, 0.3) is 0 Å². The van der Waals surface area contributed by atoms with E-state index in [0.717, 1.165) is 18.8 Å². The Labute approximate surface area is 108 Å².